The van der Waals surface area contributed by atoms with Gasteiger partial charge in [0.05, 0.1) is 29.4 Å². The number of nitrogens with one attached hydrogen (secondary N) is 2. The highest BCUT2D eigenvalue weighted by molar-refractivity contribution is 6.31. The van der Waals surface area contributed by atoms with Crippen molar-refractivity contribution in [3.05, 3.63) is 60.2 Å². The van der Waals surface area contributed by atoms with Gasteiger partial charge in [0, 0.05) is 23.6 Å². The number of fused-ring (bicyclic) bond motifs is 1. The Morgan fingerprint density at radius 2 is 2.20 bits per heavy atom. The summed E-state index contributed by atoms with van der Waals surface area (Å²) in [6.45, 7) is 4.60. The van der Waals surface area contributed by atoms with Gasteiger partial charge in [0.15, 0.2) is 0 Å². The second-order valence-corrected chi connectivity index (χ2v) is 7.05. The minimum atomic E-state index is -0.512. The predicted molar refractivity (Wildman–Crippen MR) is 113 cm³/mol. The average molecular weight is 429 g/mol. The van der Waals surface area contributed by atoms with Crippen LogP contribution in [0, 0.1) is 5.82 Å². The van der Waals surface area contributed by atoms with Gasteiger partial charge < -0.3 is 20.1 Å². The van der Waals surface area contributed by atoms with Crippen molar-refractivity contribution in [2.45, 2.75) is 12.5 Å². The van der Waals surface area contributed by atoms with E-state index in [1.165, 1.54) is 24.5 Å². The van der Waals surface area contributed by atoms with E-state index in [1.54, 1.807) is 18.2 Å². The molecule has 1 amide bonds. The van der Waals surface area contributed by atoms with E-state index in [0.717, 1.165) is 6.42 Å². The van der Waals surface area contributed by atoms with E-state index in [1.807, 2.05) is 0 Å². The van der Waals surface area contributed by atoms with E-state index in [4.69, 9.17) is 21.1 Å². The lowest BCUT2D eigenvalue weighted by Gasteiger charge is -2.17. The lowest BCUT2D eigenvalue weighted by atomic mass is 10.1. The zero-order chi connectivity index (χ0) is 21.1. The molecule has 2 aromatic carbocycles. The van der Waals surface area contributed by atoms with Gasteiger partial charge in [-0.1, -0.05) is 18.2 Å². The molecule has 1 saturated heterocycles. The second-order valence-electron chi connectivity index (χ2n) is 6.64. The maximum absolute atomic E-state index is 13.5. The van der Waals surface area contributed by atoms with Crippen LogP contribution in [-0.2, 0) is 9.53 Å². The highest BCUT2D eigenvalue weighted by Crippen LogP contribution is 2.35. The highest BCUT2D eigenvalue weighted by Gasteiger charge is 2.20. The molecule has 2 heterocycles. The van der Waals surface area contributed by atoms with Crippen molar-refractivity contribution in [2.75, 3.05) is 23.8 Å². The first-order valence-electron chi connectivity index (χ1n) is 9.22. The van der Waals surface area contributed by atoms with Crippen LogP contribution in [0.3, 0.4) is 0 Å². The van der Waals surface area contributed by atoms with E-state index in [9.17, 15) is 9.18 Å². The second kappa shape index (κ2) is 8.64. The van der Waals surface area contributed by atoms with Crippen molar-refractivity contribution < 1.29 is 18.7 Å². The lowest BCUT2D eigenvalue weighted by Crippen LogP contribution is -2.18. The molecule has 7 nitrogen and oxygen atoms in total. The summed E-state index contributed by atoms with van der Waals surface area (Å²) in [7, 11) is 0. The van der Waals surface area contributed by atoms with Crippen molar-refractivity contribution >= 4 is 45.6 Å². The van der Waals surface area contributed by atoms with Crippen molar-refractivity contribution in [1.82, 2.24) is 9.97 Å². The van der Waals surface area contributed by atoms with Gasteiger partial charge in [0.1, 0.15) is 29.8 Å². The molecule has 1 aliphatic heterocycles. The van der Waals surface area contributed by atoms with Gasteiger partial charge >= 0.3 is 0 Å². The van der Waals surface area contributed by atoms with Crippen LogP contribution >= 0.6 is 11.6 Å². The number of amides is 1. The Hall–Kier alpha value is -3.23. The number of aromatic nitrogens is 2. The van der Waals surface area contributed by atoms with E-state index >= 15 is 0 Å². The number of rotatable bonds is 6. The zero-order valence-electron chi connectivity index (χ0n) is 15.8. The van der Waals surface area contributed by atoms with Crippen LogP contribution in [0.2, 0.25) is 5.02 Å². The molecular weight excluding hydrogens is 411 g/mol. The summed E-state index contributed by atoms with van der Waals surface area (Å²) in [4.78, 5) is 20.5. The summed E-state index contributed by atoms with van der Waals surface area (Å²) < 4.78 is 24.8. The van der Waals surface area contributed by atoms with E-state index in [0.29, 0.717) is 47.1 Å². The number of nitrogens with zero attached hydrogens (tertiary/aromatic N) is 2. The Bertz CT molecular complexity index is 1120. The fraction of sp³-hybridized carbons (Fsp3) is 0.190. The van der Waals surface area contributed by atoms with Gasteiger partial charge in [-0.2, -0.15) is 0 Å². The topological polar surface area (TPSA) is 85.4 Å². The number of hydrogen-bond donors (Lipinski definition) is 2. The maximum Gasteiger partial charge on any atom is 0.247 e. The molecule has 4 rings (SSSR count). The van der Waals surface area contributed by atoms with E-state index in [2.05, 4.69) is 27.2 Å². The normalized spacial score (nSPS) is 15.7. The summed E-state index contributed by atoms with van der Waals surface area (Å²) >= 11 is 5.87. The van der Waals surface area contributed by atoms with E-state index in [-0.39, 0.29) is 17.0 Å². The summed E-state index contributed by atoms with van der Waals surface area (Å²) in [6, 6.07) is 7.72. The molecule has 0 unspecified atom stereocenters. The van der Waals surface area contributed by atoms with Gasteiger partial charge in [0.2, 0.25) is 5.91 Å². The van der Waals surface area contributed by atoms with Crippen LogP contribution < -0.4 is 15.4 Å². The molecule has 1 aromatic heterocycles. The van der Waals surface area contributed by atoms with Crippen LogP contribution in [0.4, 0.5) is 21.6 Å². The Labute approximate surface area is 176 Å². The quantitative estimate of drug-likeness (QED) is 0.564. The molecule has 1 fully saturated rings. The smallest absolute Gasteiger partial charge is 0.247 e. The summed E-state index contributed by atoms with van der Waals surface area (Å²) in [5.74, 6) is 0.0515. The number of carbonyl (C=O) groups is 1. The third kappa shape index (κ3) is 4.34. The molecule has 1 aliphatic rings. The third-order valence-electron chi connectivity index (χ3n) is 4.54. The lowest BCUT2D eigenvalue weighted by molar-refractivity contribution is -0.111. The molecule has 0 aliphatic carbocycles. The first-order chi connectivity index (χ1) is 14.5. The fourth-order valence-corrected chi connectivity index (χ4v) is 3.24. The molecule has 2 N–H and O–H groups in total. The summed E-state index contributed by atoms with van der Waals surface area (Å²) in [6.07, 6.45) is 3.23. The molecule has 0 spiro atoms. The molecule has 0 radical (unpaired) electrons. The van der Waals surface area contributed by atoms with Crippen molar-refractivity contribution in [1.29, 1.82) is 0 Å². The fourth-order valence-electron chi connectivity index (χ4n) is 3.06. The molecule has 9 heteroatoms. The number of ether oxygens (including phenoxy) is 2. The number of halogens is 2. The van der Waals surface area contributed by atoms with Crippen LogP contribution in [-0.4, -0.2) is 35.2 Å². The molecule has 154 valence electrons. The summed E-state index contributed by atoms with van der Waals surface area (Å²) in [5.41, 5.74) is 1.61. The van der Waals surface area contributed by atoms with Gasteiger partial charge in [-0.05, 0) is 30.3 Å². The third-order valence-corrected chi connectivity index (χ3v) is 4.83. The molecule has 3 aromatic rings. The molecule has 0 bridgehead atoms. The zero-order valence-corrected chi connectivity index (χ0v) is 16.6. The van der Waals surface area contributed by atoms with E-state index < -0.39 is 5.82 Å². The SMILES string of the molecule is C=CC(=O)Nc1cc2c(Nc3ccc(F)c(Cl)c3)ncnc2cc1O[C@@H]1CCOC1. The van der Waals surface area contributed by atoms with Gasteiger partial charge in [0.25, 0.3) is 0 Å². The summed E-state index contributed by atoms with van der Waals surface area (Å²) in [5, 5.41) is 6.49. The van der Waals surface area contributed by atoms with Gasteiger partial charge in [-0.15, -0.1) is 0 Å². The van der Waals surface area contributed by atoms with Crippen molar-refractivity contribution in [3.63, 3.8) is 0 Å². The molecular formula is C21H18ClFN4O3. The van der Waals surface area contributed by atoms with Gasteiger partial charge in [-0.25, -0.2) is 14.4 Å². The molecule has 30 heavy (non-hydrogen) atoms. The monoisotopic (exact) mass is 428 g/mol. The first-order valence-corrected chi connectivity index (χ1v) is 9.60. The predicted octanol–water partition coefficient (Wildman–Crippen LogP) is 4.46. The first kappa shape index (κ1) is 20.1. The van der Waals surface area contributed by atoms with Crippen LogP contribution in [0.15, 0.2) is 49.3 Å². The van der Waals surface area contributed by atoms with Crippen LogP contribution in [0.25, 0.3) is 10.9 Å². The van der Waals surface area contributed by atoms with Crippen molar-refractivity contribution in [2.24, 2.45) is 0 Å². The number of benzene rings is 2. The number of carbonyl (C=O) groups excluding carboxylic acids is 1. The van der Waals surface area contributed by atoms with Crippen LogP contribution in [0.1, 0.15) is 6.42 Å². The largest absolute Gasteiger partial charge is 0.486 e. The Balaban J connectivity index is 1.74. The number of anilines is 3. The van der Waals surface area contributed by atoms with Gasteiger partial charge in [-0.3, -0.25) is 4.79 Å². The average Bonchev–Trinajstić information content (AvgIpc) is 3.24. The van der Waals surface area contributed by atoms with Crippen LogP contribution in [0.5, 0.6) is 5.75 Å². The van der Waals surface area contributed by atoms with Crippen molar-refractivity contribution in [3.8, 4) is 5.75 Å². The molecule has 0 saturated carbocycles. The maximum atomic E-state index is 13.5. The Morgan fingerprint density at radius 1 is 1.33 bits per heavy atom. The number of hydrogen-bond acceptors (Lipinski definition) is 6. The minimum Gasteiger partial charge on any atom is -0.486 e. The molecule has 1 atom stereocenters. The minimum absolute atomic E-state index is 0.00762. The Kier molecular flexibility index (Phi) is 5.78. The highest BCUT2D eigenvalue weighted by atomic mass is 35.5. The Morgan fingerprint density at radius 3 is 2.93 bits per heavy atom. The standard InChI is InChI=1S/C21H18ClFN4O3/c1-2-20(28)27-18-8-14-17(9-19(18)30-13-5-6-29-10-13)24-11-25-21(14)26-12-3-4-16(23)15(22)7-12/h2-4,7-9,11,13H,1,5-6,10H2,(H,27,28)(H,24,25,26)/t13-/m1/s1.